The Labute approximate surface area is 157 Å². The van der Waals surface area contributed by atoms with E-state index in [0.717, 1.165) is 53.9 Å². The molecule has 0 fully saturated rings. The van der Waals surface area contributed by atoms with E-state index in [1.165, 1.54) is 0 Å². The fourth-order valence-corrected chi connectivity index (χ4v) is 4.27. The number of phenolic OH excluding ortho intramolecular Hbond substituents is 1. The van der Waals surface area contributed by atoms with E-state index >= 15 is 0 Å². The van der Waals surface area contributed by atoms with Gasteiger partial charge < -0.3 is 15.0 Å². The first kappa shape index (κ1) is 16.1. The Morgan fingerprint density at radius 3 is 2.67 bits per heavy atom. The molecule has 0 bridgehead atoms. The second-order valence-corrected chi connectivity index (χ2v) is 7.34. The number of rotatable bonds is 2. The number of carbonyl (C=O) groups excluding carboxylic acids is 1. The third kappa shape index (κ3) is 2.70. The van der Waals surface area contributed by atoms with Crippen molar-refractivity contribution >= 4 is 11.6 Å². The highest BCUT2D eigenvalue weighted by molar-refractivity contribution is 6.05. The maximum atomic E-state index is 13.3. The van der Waals surface area contributed by atoms with Crippen molar-refractivity contribution < 1.29 is 9.90 Å². The number of anilines is 1. The minimum absolute atomic E-state index is 0.0712. The molecule has 0 saturated carbocycles. The van der Waals surface area contributed by atoms with Gasteiger partial charge in [-0.3, -0.25) is 4.79 Å². The molecule has 2 N–H and O–H groups in total. The number of imidazole rings is 1. The molecule has 27 heavy (non-hydrogen) atoms. The number of fused-ring (bicyclic) bond motifs is 2. The first-order valence-electron chi connectivity index (χ1n) is 9.48. The topological polar surface area (TPSA) is 69.2 Å². The molecule has 5 heteroatoms. The molecule has 1 aromatic heterocycles. The van der Waals surface area contributed by atoms with Crippen molar-refractivity contribution in [2.75, 3.05) is 11.4 Å². The second-order valence-electron chi connectivity index (χ2n) is 7.34. The molecule has 0 saturated heterocycles. The molecule has 3 aromatic rings. The maximum absolute atomic E-state index is 13.3. The fourth-order valence-electron chi connectivity index (χ4n) is 4.27. The summed E-state index contributed by atoms with van der Waals surface area (Å²) in [6.45, 7) is 0.578. The third-order valence-corrected chi connectivity index (χ3v) is 5.67. The largest absolute Gasteiger partial charge is 0.508 e. The number of hydrogen-bond acceptors (Lipinski definition) is 3. The number of phenols is 1. The van der Waals surface area contributed by atoms with Gasteiger partial charge in [0.2, 0.25) is 0 Å². The molecule has 2 heterocycles. The number of aromatic hydroxyl groups is 1. The van der Waals surface area contributed by atoms with Crippen molar-refractivity contribution in [1.29, 1.82) is 0 Å². The van der Waals surface area contributed by atoms with Gasteiger partial charge in [-0.25, -0.2) is 4.98 Å². The predicted molar refractivity (Wildman–Crippen MR) is 103 cm³/mol. The minimum Gasteiger partial charge on any atom is -0.508 e. The van der Waals surface area contributed by atoms with Crippen molar-refractivity contribution in [2.45, 2.75) is 31.6 Å². The summed E-state index contributed by atoms with van der Waals surface area (Å²) in [5.74, 6) is 0.718. The summed E-state index contributed by atoms with van der Waals surface area (Å²) < 4.78 is 0. The number of para-hydroxylation sites is 1. The van der Waals surface area contributed by atoms with Crippen LogP contribution in [0, 0.1) is 0 Å². The summed E-state index contributed by atoms with van der Waals surface area (Å²) in [4.78, 5) is 22.9. The van der Waals surface area contributed by atoms with Gasteiger partial charge in [-0.1, -0.05) is 30.3 Å². The van der Waals surface area contributed by atoms with Crippen LogP contribution in [-0.2, 0) is 12.8 Å². The molecule has 2 aromatic carbocycles. The Hall–Kier alpha value is -3.08. The Balaban J connectivity index is 1.50. The standard InChI is InChI=1S/C22H21N3O2/c26-15-11-9-14(10-12-15)17-13-25(20-8-4-1-5-16(17)20)22(27)21-23-18-6-2-3-7-19(18)24-21/h1,4-5,8-12,17,26H,2-3,6-7,13H2,(H,23,24). The highest BCUT2D eigenvalue weighted by atomic mass is 16.3. The summed E-state index contributed by atoms with van der Waals surface area (Å²) in [6, 6.07) is 15.3. The maximum Gasteiger partial charge on any atom is 0.294 e. The van der Waals surface area contributed by atoms with Crippen LogP contribution in [-0.4, -0.2) is 27.5 Å². The number of benzene rings is 2. The quantitative estimate of drug-likeness (QED) is 0.731. The van der Waals surface area contributed by atoms with Crippen LogP contribution >= 0.6 is 0 Å². The summed E-state index contributed by atoms with van der Waals surface area (Å²) in [7, 11) is 0. The third-order valence-electron chi connectivity index (χ3n) is 5.67. The van der Waals surface area contributed by atoms with E-state index in [1.807, 2.05) is 35.2 Å². The van der Waals surface area contributed by atoms with Gasteiger partial charge in [0, 0.05) is 23.8 Å². The molecule has 1 aliphatic carbocycles. The smallest absolute Gasteiger partial charge is 0.294 e. The first-order chi connectivity index (χ1) is 13.2. The van der Waals surface area contributed by atoms with Crippen molar-refractivity contribution in [2.24, 2.45) is 0 Å². The highest BCUT2D eigenvalue weighted by Crippen LogP contribution is 2.40. The van der Waals surface area contributed by atoms with Gasteiger partial charge >= 0.3 is 0 Å². The molecule has 1 atom stereocenters. The van der Waals surface area contributed by atoms with Gasteiger partial charge in [0.25, 0.3) is 5.91 Å². The molecular formula is C22H21N3O2. The van der Waals surface area contributed by atoms with E-state index in [2.05, 4.69) is 16.0 Å². The number of aromatic nitrogens is 2. The number of nitrogens with zero attached hydrogens (tertiary/aromatic N) is 2. The van der Waals surface area contributed by atoms with E-state index in [0.29, 0.717) is 12.4 Å². The van der Waals surface area contributed by atoms with Gasteiger partial charge in [-0.15, -0.1) is 0 Å². The van der Waals surface area contributed by atoms with E-state index in [4.69, 9.17) is 0 Å². The second kappa shape index (κ2) is 6.27. The van der Waals surface area contributed by atoms with Crippen LogP contribution in [0.15, 0.2) is 48.5 Å². The lowest BCUT2D eigenvalue weighted by atomic mass is 9.93. The Morgan fingerprint density at radius 2 is 1.85 bits per heavy atom. The number of nitrogens with one attached hydrogen (secondary N) is 1. The lowest BCUT2D eigenvalue weighted by Gasteiger charge is -2.16. The summed E-state index contributed by atoms with van der Waals surface area (Å²) in [5, 5.41) is 9.59. The van der Waals surface area contributed by atoms with Crippen LogP contribution in [0.4, 0.5) is 5.69 Å². The molecule has 1 unspecified atom stereocenters. The molecule has 0 spiro atoms. The molecular weight excluding hydrogens is 338 g/mol. The van der Waals surface area contributed by atoms with E-state index in [1.54, 1.807) is 12.1 Å². The van der Waals surface area contributed by atoms with Gasteiger partial charge in [-0.05, 0) is 55.0 Å². The number of carbonyl (C=O) groups is 1. The summed E-state index contributed by atoms with van der Waals surface area (Å²) >= 11 is 0. The molecule has 0 radical (unpaired) electrons. The van der Waals surface area contributed by atoms with E-state index < -0.39 is 0 Å². The highest BCUT2D eigenvalue weighted by Gasteiger charge is 2.35. The number of aromatic amines is 1. The zero-order valence-electron chi connectivity index (χ0n) is 15.0. The minimum atomic E-state index is -0.0712. The van der Waals surface area contributed by atoms with Crippen LogP contribution in [0.25, 0.3) is 0 Å². The monoisotopic (exact) mass is 359 g/mol. The molecule has 1 amide bonds. The van der Waals surface area contributed by atoms with Gasteiger partial charge in [-0.2, -0.15) is 0 Å². The molecule has 136 valence electrons. The molecule has 5 rings (SSSR count). The Morgan fingerprint density at radius 1 is 1.07 bits per heavy atom. The number of aryl methyl sites for hydroxylation is 2. The van der Waals surface area contributed by atoms with Gasteiger partial charge in [0.15, 0.2) is 5.82 Å². The van der Waals surface area contributed by atoms with Gasteiger partial charge in [0.05, 0.1) is 5.69 Å². The number of amides is 1. The first-order valence-corrected chi connectivity index (χ1v) is 9.48. The fraction of sp³-hybridized carbons (Fsp3) is 0.273. The normalized spacial score (nSPS) is 18.2. The number of H-pyrrole nitrogens is 1. The van der Waals surface area contributed by atoms with Crippen LogP contribution in [0.1, 0.15) is 51.9 Å². The zero-order valence-corrected chi connectivity index (χ0v) is 15.0. The lowest BCUT2D eigenvalue weighted by molar-refractivity contribution is 0.0979. The van der Waals surface area contributed by atoms with Gasteiger partial charge in [0.1, 0.15) is 5.75 Å². The zero-order chi connectivity index (χ0) is 18.4. The lowest BCUT2D eigenvalue weighted by Crippen LogP contribution is -2.31. The summed E-state index contributed by atoms with van der Waals surface area (Å²) in [6.07, 6.45) is 4.22. The van der Waals surface area contributed by atoms with Crippen molar-refractivity contribution in [3.05, 3.63) is 76.9 Å². The number of hydrogen-bond donors (Lipinski definition) is 2. The van der Waals surface area contributed by atoms with E-state index in [-0.39, 0.29) is 17.6 Å². The average Bonchev–Trinajstić information content (AvgIpc) is 3.30. The Bertz CT molecular complexity index is 983. The van der Waals surface area contributed by atoms with Crippen molar-refractivity contribution in [3.63, 3.8) is 0 Å². The van der Waals surface area contributed by atoms with Crippen molar-refractivity contribution in [1.82, 2.24) is 9.97 Å². The van der Waals surface area contributed by atoms with Crippen molar-refractivity contribution in [3.8, 4) is 5.75 Å². The molecule has 5 nitrogen and oxygen atoms in total. The summed E-state index contributed by atoms with van der Waals surface area (Å²) in [5.41, 5.74) is 5.33. The Kier molecular flexibility index (Phi) is 3.74. The average molecular weight is 359 g/mol. The van der Waals surface area contributed by atoms with Crippen LogP contribution in [0.5, 0.6) is 5.75 Å². The van der Waals surface area contributed by atoms with Crippen LogP contribution < -0.4 is 4.90 Å². The SMILES string of the molecule is O=C(c1nc2c([nH]1)CCCC2)N1CC(c2ccc(O)cc2)c2ccccc21. The molecule has 1 aliphatic heterocycles. The van der Waals surface area contributed by atoms with Crippen LogP contribution in [0.2, 0.25) is 0 Å². The van der Waals surface area contributed by atoms with Crippen LogP contribution in [0.3, 0.4) is 0 Å². The molecule has 2 aliphatic rings. The van der Waals surface area contributed by atoms with E-state index in [9.17, 15) is 9.90 Å². The predicted octanol–water partition coefficient (Wildman–Crippen LogP) is 3.79.